The van der Waals surface area contributed by atoms with E-state index < -0.39 is 0 Å². The number of benzene rings is 1. The highest BCUT2D eigenvalue weighted by molar-refractivity contribution is 6.06. The van der Waals surface area contributed by atoms with Crippen LogP contribution in [0.25, 0.3) is 22.0 Å². The second-order valence-corrected chi connectivity index (χ2v) is 7.63. The molecule has 1 aromatic carbocycles. The minimum absolute atomic E-state index is 0. The van der Waals surface area contributed by atoms with Crippen molar-refractivity contribution in [3.63, 3.8) is 0 Å². The second kappa shape index (κ2) is 6.68. The lowest BCUT2D eigenvalue weighted by molar-refractivity contribution is -0.132. The van der Waals surface area contributed by atoms with Gasteiger partial charge in [-0.15, -0.1) is 0 Å². The molecule has 27 heavy (non-hydrogen) atoms. The molecule has 0 fully saturated rings. The Morgan fingerprint density at radius 3 is 2.63 bits per heavy atom. The number of fused-ring (bicyclic) bond motifs is 2. The molecule has 1 aromatic heterocycles. The summed E-state index contributed by atoms with van der Waals surface area (Å²) >= 11 is 0. The van der Waals surface area contributed by atoms with Gasteiger partial charge in [-0.25, -0.2) is 0 Å². The van der Waals surface area contributed by atoms with Crippen LogP contribution in [0.4, 0.5) is 0 Å². The van der Waals surface area contributed by atoms with Gasteiger partial charge in [0.2, 0.25) is 5.91 Å². The monoisotopic (exact) mass is 364 g/mol. The minimum atomic E-state index is -0.0686. The maximum absolute atomic E-state index is 12.5. The molecule has 2 atom stereocenters. The molecule has 1 amide bonds. The maximum atomic E-state index is 12.5. The van der Waals surface area contributed by atoms with Crippen molar-refractivity contribution in [2.75, 3.05) is 27.7 Å². The van der Waals surface area contributed by atoms with Gasteiger partial charge in [-0.3, -0.25) is 9.69 Å². The Morgan fingerprint density at radius 1 is 1.26 bits per heavy atom. The number of likely N-dealkylation sites (N-methyl/N-ethyl adjacent to an activating group) is 1. The van der Waals surface area contributed by atoms with Crippen molar-refractivity contribution < 1.29 is 6.22 Å². The van der Waals surface area contributed by atoms with Crippen molar-refractivity contribution in [2.24, 2.45) is 5.92 Å². The lowest BCUT2D eigenvalue weighted by Crippen LogP contribution is -2.46. The summed E-state index contributed by atoms with van der Waals surface area (Å²) in [4.78, 5) is 20.1. The molecule has 5 rings (SSSR count). The van der Waals surface area contributed by atoms with Crippen LogP contribution in [0.15, 0.2) is 30.5 Å². The molecule has 3 aliphatic rings. The van der Waals surface area contributed by atoms with Crippen molar-refractivity contribution in [3.8, 4) is 0 Å². The average molecular weight is 365 g/mol. The summed E-state index contributed by atoms with van der Waals surface area (Å²) in [6, 6.07) is 4.82. The number of aromatic amines is 1. The topological polar surface area (TPSA) is 39.3 Å². The van der Waals surface area contributed by atoms with E-state index in [9.17, 15) is 4.79 Å². The number of carbonyl (C=O) groups excluding carboxylic acids is 1. The first-order chi connectivity index (χ1) is 13.0. The van der Waals surface area contributed by atoms with Gasteiger partial charge in [0.1, 0.15) is 0 Å². The van der Waals surface area contributed by atoms with Gasteiger partial charge in [0, 0.05) is 51.7 Å². The van der Waals surface area contributed by atoms with Crippen LogP contribution in [0, 0.1) is 12.3 Å². The summed E-state index contributed by atoms with van der Waals surface area (Å²) in [6.45, 7) is 4.79. The van der Waals surface area contributed by atoms with E-state index in [-0.39, 0.29) is 13.3 Å². The van der Waals surface area contributed by atoms with E-state index in [4.69, 9.17) is 0 Å². The van der Waals surface area contributed by atoms with E-state index in [2.05, 4.69) is 53.8 Å². The molecule has 0 saturated heterocycles. The first-order valence-corrected chi connectivity index (χ1v) is 9.86. The SMILES string of the molecule is CC.CN(C)C(=O)[C@@H]1C=C2c3ccc(C4=C[CH]4)c4[nH]cc(c34)C[C@H]2N(C)C1.[HH]. The third-order valence-corrected chi connectivity index (χ3v) is 5.80. The number of nitrogens with zero attached hydrogens (tertiary/aromatic N) is 2. The van der Waals surface area contributed by atoms with E-state index in [1.165, 1.54) is 38.7 Å². The van der Waals surface area contributed by atoms with Crippen molar-refractivity contribution in [1.29, 1.82) is 0 Å². The molecule has 1 aliphatic heterocycles. The van der Waals surface area contributed by atoms with Crippen molar-refractivity contribution in [3.05, 3.63) is 53.6 Å². The highest BCUT2D eigenvalue weighted by Crippen LogP contribution is 2.44. The third kappa shape index (κ3) is 2.83. The number of allylic oxidation sites excluding steroid dienone is 2. The zero-order valence-corrected chi connectivity index (χ0v) is 16.8. The summed E-state index contributed by atoms with van der Waals surface area (Å²) in [5.41, 5.74) is 7.82. The summed E-state index contributed by atoms with van der Waals surface area (Å²) in [6.07, 6.45) is 9.71. The number of carbonyl (C=O) groups is 1. The molecule has 4 nitrogen and oxygen atoms in total. The smallest absolute Gasteiger partial charge is 0.230 e. The fraction of sp³-hybridized carbons (Fsp3) is 0.391. The molecule has 1 N–H and O–H groups in total. The fourth-order valence-electron chi connectivity index (χ4n) is 4.46. The summed E-state index contributed by atoms with van der Waals surface area (Å²) in [7, 11) is 5.82. The van der Waals surface area contributed by atoms with E-state index in [1.807, 2.05) is 27.9 Å². The Bertz CT molecular complexity index is 970. The van der Waals surface area contributed by atoms with Crippen molar-refractivity contribution in [2.45, 2.75) is 26.3 Å². The molecule has 143 valence electrons. The molecule has 4 heteroatoms. The Kier molecular flexibility index (Phi) is 4.47. The van der Waals surface area contributed by atoms with Gasteiger partial charge in [0.25, 0.3) is 0 Å². The largest absolute Gasteiger partial charge is 0.360 e. The standard InChI is InChI=1S/C21H22N3O.C2H6.H2/c1-23(2)21(25)14-8-17-16-7-6-15(12-4-5-12)20-19(16)13(10-22-20)9-18(17)24(3)11-14;1-2;/h4-8,10,14,18,22H,9,11H2,1-3H3;1-2H3;1H/t14-,18-;;/m1../s1. The fourth-order valence-corrected chi connectivity index (χ4v) is 4.46. The number of amides is 1. The van der Waals surface area contributed by atoms with Crippen LogP contribution in [0.3, 0.4) is 0 Å². The molecule has 1 radical (unpaired) electrons. The summed E-state index contributed by atoms with van der Waals surface area (Å²) in [5, 5.41) is 1.34. The van der Waals surface area contributed by atoms with E-state index in [0.717, 1.165) is 13.0 Å². The summed E-state index contributed by atoms with van der Waals surface area (Å²) < 4.78 is 0. The Balaban J connectivity index is 0.000000728. The maximum Gasteiger partial charge on any atom is 0.230 e. The van der Waals surface area contributed by atoms with Crippen molar-refractivity contribution in [1.82, 2.24) is 14.8 Å². The average Bonchev–Trinajstić information content (AvgIpc) is 3.44. The number of rotatable bonds is 2. The lowest BCUT2D eigenvalue weighted by atomic mass is 9.79. The number of hydrogen-bond acceptors (Lipinski definition) is 2. The molecule has 0 saturated carbocycles. The molecule has 2 heterocycles. The zero-order chi connectivity index (χ0) is 19.3. The van der Waals surface area contributed by atoms with Crippen LogP contribution in [0.2, 0.25) is 0 Å². The van der Waals surface area contributed by atoms with E-state index in [0.29, 0.717) is 6.04 Å². The van der Waals surface area contributed by atoms with E-state index in [1.54, 1.807) is 4.90 Å². The Labute approximate surface area is 163 Å². The quantitative estimate of drug-likeness (QED) is 0.875. The van der Waals surface area contributed by atoms with Crippen LogP contribution >= 0.6 is 0 Å². The van der Waals surface area contributed by atoms with Gasteiger partial charge < -0.3 is 9.88 Å². The summed E-state index contributed by atoms with van der Waals surface area (Å²) in [5.74, 6) is 0.115. The van der Waals surface area contributed by atoms with Crippen LogP contribution in [0.5, 0.6) is 0 Å². The first kappa shape index (κ1) is 18.1. The zero-order valence-electron chi connectivity index (χ0n) is 16.8. The van der Waals surface area contributed by atoms with Gasteiger partial charge in [0.05, 0.1) is 11.4 Å². The first-order valence-electron chi connectivity index (χ1n) is 9.86. The number of nitrogens with one attached hydrogen (secondary N) is 1. The molecule has 2 aliphatic carbocycles. The normalized spacial score (nSPS) is 23.0. The highest BCUT2D eigenvalue weighted by Gasteiger charge is 2.36. The van der Waals surface area contributed by atoms with Crippen LogP contribution in [0.1, 0.15) is 32.0 Å². The third-order valence-electron chi connectivity index (χ3n) is 5.80. The Hall–Kier alpha value is -2.33. The molecule has 0 spiro atoms. The lowest BCUT2D eigenvalue weighted by Gasteiger charge is -2.40. The van der Waals surface area contributed by atoms with Gasteiger partial charge in [0.15, 0.2) is 0 Å². The predicted octanol–water partition coefficient (Wildman–Crippen LogP) is 4.00. The minimum Gasteiger partial charge on any atom is -0.360 e. The molecule has 2 aromatic rings. The van der Waals surface area contributed by atoms with Gasteiger partial charge in [-0.2, -0.15) is 0 Å². The van der Waals surface area contributed by atoms with Crippen molar-refractivity contribution >= 4 is 28.0 Å². The number of aromatic nitrogens is 1. The molecule has 0 bridgehead atoms. The Morgan fingerprint density at radius 2 is 1.96 bits per heavy atom. The number of hydrogen-bond donors (Lipinski definition) is 1. The van der Waals surface area contributed by atoms with Crippen LogP contribution in [-0.4, -0.2) is 54.4 Å². The van der Waals surface area contributed by atoms with Gasteiger partial charge in [-0.1, -0.05) is 38.1 Å². The highest BCUT2D eigenvalue weighted by atomic mass is 16.2. The number of H-pyrrole nitrogens is 1. The second-order valence-electron chi connectivity index (χ2n) is 7.63. The van der Waals surface area contributed by atoms with Crippen LogP contribution in [-0.2, 0) is 11.2 Å². The predicted molar refractivity (Wildman–Crippen MR) is 114 cm³/mol. The molecular weight excluding hydrogens is 334 g/mol. The molecule has 0 unspecified atom stereocenters. The van der Waals surface area contributed by atoms with Gasteiger partial charge >= 0.3 is 0 Å². The molecular formula is C23H30N3O. The van der Waals surface area contributed by atoms with E-state index >= 15 is 0 Å². The van der Waals surface area contributed by atoms with Crippen LogP contribution < -0.4 is 0 Å². The van der Waals surface area contributed by atoms with Gasteiger partial charge in [-0.05, 0) is 35.7 Å².